The lowest BCUT2D eigenvalue weighted by Crippen LogP contribution is -2.35. The molecule has 2 amide bonds. The summed E-state index contributed by atoms with van der Waals surface area (Å²) in [6.07, 6.45) is 6.18. The summed E-state index contributed by atoms with van der Waals surface area (Å²) in [7, 11) is -3.60. The Hall–Kier alpha value is -2.71. The standard InChI is InChI=1S/C26H31N3O4S/c1-18-8-11-23(34(32,33)28-12-3-2-4-13-28)16-24(18)27-26(31)21-15-25(30)29(17-21)22-10-9-19-6-5-7-20(19)14-22/h8-11,14,16,21H,2-7,12-13,15,17H2,1H3,(H,27,31). The van der Waals surface area contributed by atoms with Crippen molar-refractivity contribution in [2.45, 2.75) is 56.8 Å². The van der Waals surface area contributed by atoms with E-state index in [0.29, 0.717) is 25.3 Å². The minimum absolute atomic E-state index is 0.0590. The maximum absolute atomic E-state index is 13.1. The maximum atomic E-state index is 13.1. The Bertz CT molecular complexity index is 1230. The Morgan fingerprint density at radius 3 is 2.53 bits per heavy atom. The summed E-state index contributed by atoms with van der Waals surface area (Å²) < 4.78 is 27.7. The number of aryl methyl sites for hydroxylation is 3. The van der Waals surface area contributed by atoms with Gasteiger partial charge in [0, 0.05) is 37.4 Å². The number of hydrogen-bond acceptors (Lipinski definition) is 4. The lowest BCUT2D eigenvalue weighted by Gasteiger charge is -2.26. The van der Waals surface area contributed by atoms with Crippen molar-refractivity contribution in [1.29, 1.82) is 0 Å². The first kappa shape index (κ1) is 23.1. The van der Waals surface area contributed by atoms with Gasteiger partial charge in [-0.1, -0.05) is 18.6 Å². The van der Waals surface area contributed by atoms with Crippen molar-refractivity contribution in [1.82, 2.24) is 4.31 Å². The van der Waals surface area contributed by atoms with Crippen molar-refractivity contribution < 1.29 is 18.0 Å². The lowest BCUT2D eigenvalue weighted by molar-refractivity contribution is -0.122. The molecule has 2 fully saturated rings. The summed E-state index contributed by atoms with van der Waals surface area (Å²) in [5.41, 5.74) is 4.75. The zero-order chi connectivity index (χ0) is 23.9. The minimum atomic E-state index is -3.60. The number of nitrogens with zero attached hydrogens (tertiary/aromatic N) is 2. The van der Waals surface area contributed by atoms with E-state index < -0.39 is 15.9 Å². The van der Waals surface area contributed by atoms with Crippen LogP contribution in [-0.4, -0.2) is 44.2 Å². The molecular formula is C26H31N3O4S. The van der Waals surface area contributed by atoms with E-state index in [1.54, 1.807) is 23.1 Å². The van der Waals surface area contributed by atoms with Gasteiger partial charge in [0.25, 0.3) is 0 Å². The van der Waals surface area contributed by atoms with Gasteiger partial charge in [0.15, 0.2) is 0 Å². The number of carbonyl (C=O) groups is 2. The SMILES string of the molecule is Cc1ccc(S(=O)(=O)N2CCCCC2)cc1NC(=O)C1CC(=O)N(c2ccc3c(c2)CCC3)C1. The molecule has 1 atom stereocenters. The molecule has 0 radical (unpaired) electrons. The van der Waals surface area contributed by atoms with Gasteiger partial charge in [0.1, 0.15) is 0 Å². The zero-order valence-electron chi connectivity index (χ0n) is 19.5. The van der Waals surface area contributed by atoms with Gasteiger partial charge in [-0.25, -0.2) is 8.42 Å². The van der Waals surface area contributed by atoms with Crippen LogP contribution in [0, 0.1) is 12.8 Å². The van der Waals surface area contributed by atoms with Crippen molar-refractivity contribution in [3.8, 4) is 0 Å². The fourth-order valence-electron chi connectivity index (χ4n) is 5.24. The smallest absolute Gasteiger partial charge is 0.243 e. The van der Waals surface area contributed by atoms with Crippen molar-refractivity contribution in [3.63, 3.8) is 0 Å². The first-order valence-corrected chi connectivity index (χ1v) is 13.6. The quantitative estimate of drug-likeness (QED) is 0.706. The normalized spacial score (nSPS) is 21.0. The van der Waals surface area contributed by atoms with Gasteiger partial charge in [-0.3, -0.25) is 9.59 Å². The zero-order valence-corrected chi connectivity index (χ0v) is 20.4. The molecule has 2 aromatic rings. The molecule has 1 aliphatic carbocycles. The summed E-state index contributed by atoms with van der Waals surface area (Å²) in [6, 6.07) is 11.0. The predicted octanol–water partition coefficient (Wildman–Crippen LogP) is 3.65. The number of nitrogens with one attached hydrogen (secondary N) is 1. The Labute approximate surface area is 201 Å². The molecule has 3 aliphatic rings. The number of amides is 2. The van der Waals surface area contributed by atoms with Crippen LogP contribution in [0.15, 0.2) is 41.3 Å². The van der Waals surface area contributed by atoms with Gasteiger partial charge in [-0.2, -0.15) is 4.31 Å². The van der Waals surface area contributed by atoms with E-state index >= 15 is 0 Å². The molecule has 180 valence electrons. The van der Waals surface area contributed by atoms with Crippen molar-refractivity contribution >= 4 is 33.2 Å². The van der Waals surface area contributed by atoms with Gasteiger partial charge in [0.05, 0.1) is 10.8 Å². The number of fused-ring (bicyclic) bond motifs is 1. The second kappa shape index (κ2) is 9.15. The highest BCUT2D eigenvalue weighted by atomic mass is 32.2. The van der Waals surface area contributed by atoms with Crippen LogP contribution in [0.4, 0.5) is 11.4 Å². The molecule has 2 aliphatic heterocycles. The maximum Gasteiger partial charge on any atom is 0.243 e. The highest BCUT2D eigenvalue weighted by molar-refractivity contribution is 7.89. The van der Waals surface area contributed by atoms with Crippen LogP contribution in [0.2, 0.25) is 0 Å². The van der Waals surface area contributed by atoms with Crippen LogP contribution >= 0.6 is 0 Å². The predicted molar refractivity (Wildman–Crippen MR) is 131 cm³/mol. The second-order valence-corrected chi connectivity index (χ2v) is 11.6. The van der Waals surface area contributed by atoms with Gasteiger partial charge >= 0.3 is 0 Å². The van der Waals surface area contributed by atoms with Crippen LogP contribution in [-0.2, 0) is 32.5 Å². The Kier molecular flexibility index (Phi) is 6.20. The third-order valence-corrected chi connectivity index (χ3v) is 9.20. The van der Waals surface area contributed by atoms with Gasteiger partial charge in [0.2, 0.25) is 21.8 Å². The van der Waals surface area contributed by atoms with Crippen molar-refractivity contribution in [3.05, 3.63) is 53.1 Å². The minimum Gasteiger partial charge on any atom is -0.325 e. The average molecular weight is 482 g/mol. The van der Waals surface area contributed by atoms with Gasteiger partial charge in [-0.05, 0) is 80.0 Å². The molecule has 2 saturated heterocycles. The Morgan fingerprint density at radius 1 is 0.971 bits per heavy atom. The number of anilines is 2. The molecule has 34 heavy (non-hydrogen) atoms. The van der Waals surface area contributed by atoms with Gasteiger partial charge < -0.3 is 10.2 Å². The van der Waals surface area contributed by atoms with Crippen molar-refractivity contribution in [2.75, 3.05) is 29.9 Å². The van der Waals surface area contributed by atoms with Crippen LogP contribution in [0.1, 0.15) is 48.8 Å². The van der Waals surface area contributed by atoms with Crippen LogP contribution in [0.5, 0.6) is 0 Å². The first-order valence-electron chi connectivity index (χ1n) is 12.2. The molecule has 0 bridgehead atoms. The molecule has 2 aromatic carbocycles. The van der Waals surface area contributed by atoms with E-state index in [4.69, 9.17) is 0 Å². The van der Waals surface area contributed by atoms with Crippen molar-refractivity contribution in [2.24, 2.45) is 5.92 Å². The number of sulfonamides is 1. The van der Waals surface area contributed by atoms with E-state index in [-0.39, 0.29) is 23.1 Å². The number of benzene rings is 2. The molecule has 8 heteroatoms. The Balaban J connectivity index is 1.31. The summed E-state index contributed by atoms with van der Waals surface area (Å²) in [5.74, 6) is -0.800. The number of hydrogen-bond donors (Lipinski definition) is 1. The highest BCUT2D eigenvalue weighted by Gasteiger charge is 2.36. The fourth-order valence-corrected chi connectivity index (χ4v) is 6.79. The monoisotopic (exact) mass is 481 g/mol. The first-order chi connectivity index (χ1) is 16.3. The van der Waals surface area contributed by atoms with E-state index in [0.717, 1.165) is 49.8 Å². The van der Waals surface area contributed by atoms with E-state index in [1.165, 1.54) is 15.4 Å². The second-order valence-electron chi connectivity index (χ2n) is 9.64. The lowest BCUT2D eigenvalue weighted by atomic mass is 10.1. The van der Waals surface area contributed by atoms with Crippen LogP contribution in [0.3, 0.4) is 0 Å². The van der Waals surface area contributed by atoms with E-state index in [9.17, 15) is 18.0 Å². The van der Waals surface area contributed by atoms with Crippen LogP contribution < -0.4 is 10.2 Å². The largest absolute Gasteiger partial charge is 0.325 e. The van der Waals surface area contributed by atoms with Gasteiger partial charge in [-0.15, -0.1) is 0 Å². The molecule has 1 unspecified atom stereocenters. The molecule has 0 spiro atoms. The Morgan fingerprint density at radius 2 is 1.74 bits per heavy atom. The number of rotatable bonds is 5. The molecule has 0 aromatic heterocycles. The fraction of sp³-hybridized carbons (Fsp3) is 0.462. The summed E-state index contributed by atoms with van der Waals surface area (Å²) >= 11 is 0. The summed E-state index contributed by atoms with van der Waals surface area (Å²) in [6.45, 7) is 3.22. The summed E-state index contributed by atoms with van der Waals surface area (Å²) in [4.78, 5) is 27.7. The molecule has 7 nitrogen and oxygen atoms in total. The van der Waals surface area contributed by atoms with E-state index in [2.05, 4.69) is 17.4 Å². The number of piperidine rings is 1. The third-order valence-electron chi connectivity index (χ3n) is 7.31. The van der Waals surface area contributed by atoms with Crippen LogP contribution in [0.25, 0.3) is 0 Å². The molecular weight excluding hydrogens is 450 g/mol. The highest BCUT2D eigenvalue weighted by Crippen LogP contribution is 2.32. The number of carbonyl (C=O) groups excluding carboxylic acids is 2. The van der Waals surface area contributed by atoms with E-state index in [1.807, 2.05) is 13.0 Å². The average Bonchev–Trinajstić information content (AvgIpc) is 3.47. The molecule has 2 heterocycles. The molecule has 1 N–H and O–H groups in total. The molecule has 5 rings (SSSR count). The molecule has 0 saturated carbocycles. The topological polar surface area (TPSA) is 86.8 Å². The summed E-state index contributed by atoms with van der Waals surface area (Å²) in [5, 5.41) is 2.90. The third kappa shape index (κ3) is 4.36.